The quantitative estimate of drug-likeness (QED) is 0.165. The average molecular weight is 578 g/mol. The first-order valence-electron chi connectivity index (χ1n) is 12.0. The number of hydrogen-bond acceptors (Lipinski definition) is 8. The van der Waals surface area contributed by atoms with Crippen molar-refractivity contribution in [2.75, 3.05) is 26.2 Å². The summed E-state index contributed by atoms with van der Waals surface area (Å²) in [6.07, 6.45) is 0.352. The number of carbonyl (C=O) groups excluding carboxylic acids is 2. The maximum atomic E-state index is 13.3. The number of ether oxygens (including phenoxy) is 1. The Morgan fingerprint density at radius 1 is 1.03 bits per heavy atom. The van der Waals surface area contributed by atoms with E-state index in [1.165, 1.54) is 29.7 Å². The summed E-state index contributed by atoms with van der Waals surface area (Å²) in [7, 11) is -4.07. The molecule has 0 bridgehead atoms. The van der Waals surface area contributed by atoms with Crippen molar-refractivity contribution in [2.45, 2.75) is 28.9 Å². The zero-order chi connectivity index (χ0) is 27.2. The lowest BCUT2D eigenvalue weighted by molar-refractivity contribution is -0.132. The molecule has 0 atom stereocenters. The van der Waals surface area contributed by atoms with Crippen molar-refractivity contribution >= 4 is 44.6 Å². The van der Waals surface area contributed by atoms with Crippen LogP contribution in [0.5, 0.6) is 5.75 Å². The summed E-state index contributed by atoms with van der Waals surface area (Å²) in [5.41, 5.74) is 2.57. The van der Waals surface area contributed by atoms with Crippen LogP contribution in [0.4, 0.5) is 0 Å². The largest absolute Gasteiger partial charge is 0.492 e. The van der Waals surface area contributed by atoms with Gasteiger partial charge in [0.1, 0.15) is 12.4 Å². The van der Waals surface area contributed by atoms with E-state index in [9.17, 15) is 18.0 Å². The SMILES string of the molecule is O=C(Cc1ccc(-c2ccc(Cl)cc2)s1)NCCOc1ccc(S(=O)(=O)C2(C(=O)NO)CCNCC2)cc1. The van der Waals surface area contributed by atoms with E-state index in [1.807, 2.05) is 36.4 Å². The monoisotopic (exact) mass is 577 g/mol. The molecule has 12 heteroatoms. The van der Waals surface area contributed by atoms with Crippen LogP contribution < -0.4 is 20.9 Å². The van der Waals surface area contributed by atoms with Crippen molar-refractivity contribution in [3.8, 4) is 16.2 Å². The first-order chi connectivity index (χ1) is 18.2. The molecule has 38 heavy (non-hydrogen) atoms. The molecule has 1 saturated heterocycles. The fourth-order valence-electron chi connectivity index (χ4n) is 4.31. The van der Waals surface area contributed by atoms with E-state index in [2.05, 4.69) is 10.6 Å². The summed E-state index contributed by atoms with van der Waals surface area (Å²) in [6, 6.07) is 17.2. The highest BCUT2D eigenvalue weighted by Crippen LogP contribution is 2.35. The Labute approximate surface area is 230 Å². The fraction of sp³-hybridized carbons (Fsp3) is 0.308. The molecule has 0 unspecified atom stereocenters. The van der Waals surface area contributed by atoms with Gasteiger partial charge in [0.25, 0.3) is 5.91 Å². The fourth-order valence-corrected chi connectivity index (χ4v) is 7.43. The van der Waals surface area contributed by atoms with Gasteiger partial charge in [-0.2, -0.15) is 0 Å². The average Bonchev–Trinajstić information content (AvgIpc) is 3.40. The number of halogens is 1. The highest BCUT2D eigenvalue weighted by atomic mass is 35.5. The lowest BCUT2D eigenvalue weighted by Crippen LogP contribution is -2.57. The van der Waals surface area contributed by atoms with Gasteiger partial charge in [0.2, 0.25) is 5.91 Å². The second-order valence-electron chi connectivity index (χ2n) is 8.81. The molecule has 2 amide bonds. The number of sulfone groups is 1. The third-order valence-electron chi connectivity index (χ3n) is 6.39. The molecule has 4 rings (SSSR count). The molecule has 2 heterocycles. The van der Waals surface area contributed by atoms with Crippen molar-refractivity contribution in [1.82, 2.24) is 16.1 Å². The van der Waals surface area contributed by atoms with Crippen LogP contribution in [0.3, 0.4) is 0 Å². The second-order valence-corrected chi connectivity index (χ2v) is 12.7. The molecule has 202 valence electrons. The summed E-state index contributed by atoms with van der Waals surface area (Å²) in [4.78, 5) is 26.7. The molecule has 0 radical (unpaired) electrons. The summed E-state index contributed by atoms with van der Waals surface area (Å²) < 4.78 is 30.5. The van der Waals surface area contributed by atoms with E-state index in [0.29, 0.717) is 23.9 Å². The summed E-state index contributed by atoms with van der Waals surface area (Å²) in [5, 5.41) is 15.7. The highest BCUT2D eigenvalue weighted by molar-refractivity contribution is 7.93. The van der Waals surface area contributed by atoms with Crippen LogP contribution in [-0.4, -0.2) is 56.4 Å². The van der Waals surface area contributed by atoms with E-state index in [4.69, 9.17) is 21.5 Å². The standard InChI is InChI=1S/C26H28ClN3O6S2/c27-19-3-1-18(2-4-19)23-10-7-21(37-23)17-24(31)29-15-16-36-20-5-8-22(9-6-20)38(34,35)26(25(32)30-33)11-13-28-14-12-26/h1-10,28,33H,11-17H2,(H,29,31)(H,30,32). The van der Waals surface area contributed by atoms with Crippen LogP contribution >= 0.6 is 22.9 Å². The number of benzene rings is 2. The van der Waals surface area contributed by atoms with E-state index < -0.39 is 20.5 Å². The number of thiophene rings is 1. The minimum Gasteiger partial charge on any atom is -0.492 e. The number of piperidine rings is 1. The molecule has 1 fully saturated rings. The molecule has 9 nitrogen and oxygen atoms in total. The predicted octanol–water partition coefficient (Wildman–Crippen LogP) is 3.21. The van der Waals surface area contributed by atoms with E-state index >= 15 is 0 Å². The molecule has 1 aliphatic heterocycles. The second kappa shape index (κ2) is 12.3. The summed E-state index contributed by atoms with van der Waals surface area (Å²) in [6.45, 7) is 1.16. The van der Waals surface area contributed by atoms with Crippen LogP contribution in [0.25, 0.3) is 10.4 Å². The normalized spacial score (nSPS) is 15.0. The molecular formula is C26H28ClN3O6S2. The molecule has 0 spiro atoms. The Hall–Kier alpha value is -2.96. The van der Waals surface area contributed by atoms with Crippen molar-refractivity contribution in [3.05, 3.63) is 70.6 Å². The smallest absolute Gasteiger partial charge is 0.265 e. The molecule has 4 N–H and O–H groups in total. The van der Waals surface area contributed by atoms with Gasteiger partial charge in [0.05, 0.1) is 17.9 Å². The Morgan fingerprint density at radius 2 is 1.71 bits per heavy atom. The lowest BCUT2D eigenvalue weighted by atomic mass is 9.96. The van der Waals surface area contributed by atoms with Crippen molar-refractivity contribution in [3.63, 3.8) is 0 Å². The third kappa shape index (κ3) is 6.19. The van der Waals surface area contributed by atoms with E-state index in [1.54, 1.807) is 11.3 Å². The van der Waals surface area contributed by atoms with Gasteiger partial charge in [-0.1, -0.05) is 23.7 Å². The van der Waals surface area contributed by atoms with Gasteiger partial charge in [-0.25, -0.2) is 13.9 Å². The first kappa shape index (κ1) is 28.1. The molecule has 3 aromatic rings. The van der Waals surface area contributed by atoms with Gasteiger partial charge in [-0.05, 0) is 80.0 Å². The van der Waals surface area contributed by atoms with Crippen molar-refractivity contribution < 1.29 is 28.0 Å². The van der Waals surface area contributed by atoms with Gasteiger partial charge in [0.15, 0.2) is 14.6 Å². The van der Waals surface area contributed by atoms with Gasteiger partial charge in [0, 0.05) is 14.8 Å². The topological polar surface area (TPSA) is 134 Å². The Kier molecular flexibility index (Phi) is 9.06. The molecular weight excluding hydrogens is 550 g/mol. The van der Waals surface area contributed by atoms with Crippen molar-refractivity contribution in [1.29, 1.82) is 0 Å². The van der Waals surface area contributed by atoms with E-state index in [0.717, 1.165) is 15.3 Å². The molecule has 0 saturated carbocycles. The molecule has 0 aliphatic carbocycles. The lowest BCUT2D eigenvalue weighted by Gasteiger charge is -2.34. The third-order valence-corrected chi connectivity index (χ3v) is 10.3. The van der Waals surface area contributed by atoms with Crippen LogP contribution in [0.2, 0.25) is 5.02 Å². The number of rotatable bonds is 10. The van der Waals surface area contributed by atoms with Crippen LogP contribution in [0, 0.1) is 0 Å². The van der Waals surface area contributed by atoms with Crippen LogP contribution in [0.15, 0.2) is 65.6 Å². The molecule has 1 aliphatic rings. The maximum Gasteiger partial charge on any atom is 0.265 e. The van der Waals surface area contributed by atoms with E-state index in [-0.39, 0.29) is 43.2 Å². The number of hydroxylamine groups is 1. The minimum atomic E-state index is -4.07. The Balaban J connectivity index is 1.27. The predicted molar refractivity (Wildman–Crippen MR) is 145 cm³/mol. The summed E-state index contributed by atoms with van der Waals surface area (Å²) in [5.74, 6) is -0.636. The van der Waals surface area contributed by atoms with Gasteiger partial charge in [-0.3, -0.25) is 14.8 Å². The number of carbonyl (C=O) groups is 2. The summed E-state index contributed by atoms with van der Waals surface area (Å²) >= 11 is 7.49. The number of hydrogen-bond donors (Lipinski definition) is 4. The van der Waals surface area contributed by atoms with Gasteiger partial charge in [-0.15, -0.1) is 11.3 Å². The zero-order valence-electron chi connectivity index (χ0n) is 20.4. The Bertz CT molecular complexity index is 1370. The highest BCUT2D eigenvalue weighted by Gasteiger charge is 2.51. The Morgan fingerprint density at radius 3 is 2.37 bits per heavy atom. The van der Waals surface area contributed by atoms with Gasteiger partial charge < -0.3 is 15.4 Å². The molecule has 1 aromatic heterocycles. The maximum absolute atomic E-state index is 13.3. The van der Waals surface area contributed by atoms with Crippen LogP contribution in [-0.2, 0) is 25.8 Å². The number of nitrogens with one attached hydrogen (secondary N) is 3. The number of amides is 2. The first-order valence-corrected chi connectivity index (χ1v) is 14.7. The van der Waals surface area contributed by atoms with Crippen molar-refractivity contribution in [2.24, 2.45) is 0 Å². The molecule has 2 aromatic carbocycles. The minimum absolute atomic E-state index is 0.0300. The van der Waals surface area contributed by atoms with Crippen LogP contribution in [0.1, 0.15) is 17.7 Å². The van der Waals surface area contributed by atoms with Gasteiger partial charge >= 0.3 is 0 Å². The zero-order valence-corrected chi connectivity index (χ0v) is 22.8.